The highest BCUT2D eigenvalue weighted by Crippen LogP contribution is 2.13. The van der Waals surface area contributed by atoms with E-state index in [-0.39, 0.29) is 12.3 Å². The molecule has 6 nitrogen and oxygen atoms in total. The van der Waals surface area contributed by atoms with Crippen molar-refractivity contribution >= 4 is 12.0 Å². The van der Waals surface area contributed by atoms with Crippen LogP contribution in [0.25, 0.3) is 0 Å². The van der Waals surface area contributed by atoms with E-state index in [4.69, 9.17) is 9.47 Å². The van der Waals surface area contributed by atoms with Crippen molar-refractivity contribution in [1.82, 2.24) is 10.4 Å². The lowest BCUT2D eigenvalue weighted by atomic mass is 10.1. The Hall–Kier alpha value is -2.24. The molecule has 0 atom stereocenters. The second-order valence-corrected chi connectivity index (χ2v) is 5.78. The van der Waals surface area contributed by atoms with E-state index in [9.17, 15) is 9.59 Å². The molecule has 1 aromatic rings. The van der Waals surface area contributed by atoms with Gasteiger partial charge < -0.3 is 9.47 Å². The summed E-state index contributed by atoms with van der Waals surface area (Å²) in [5.74, 6) is 0.468. The van der Waals surface area contributed by atoms with Crippen molar-refractivity contribution in [1.29, 1.82) is 0 Å². The fourth-order valence-corrected chi connectivity index (χ4v) is 1.78. The van der Waals surface area contributed by atoms with Gasteiger partial charge in [0, 0.05) is 6.54 Å². The van der Waals surface area contributed by atoms with Crippen LogP contribution in [0.1, 0.15) is 33.3 Å². The molecule has 0 aliphatic heterocycles. The van der Waals surface area contributed by atoms with Crippen LogP contribution in [-0.4, -0.2) is 36.3 Å². The number of ether oxygens (including phenoxy) is 2. The van der Waals surface area contributed by atoms with E-state index in [1.807, 2.05) is 18.2 Å². The minimum atomic E-state index is -0.645. The number of nitrogens with one attached hydrogen (secondary N) is 1. The fraction of sp³-hybridized carbons (Fsp3) is 0.500. The molecule has 0 saturated heterocycles. The number of benzene rings is 1. The molecule has 2 amide bonds. The number of rotatable bonds is 4. The summed E-state index contributed by atoms with van der Waals surface area (Å²) in [6.07, 6.45) is -0.478. The van der Waals surface area contributed by atoms with Crippen LogP contribution in [0.3, 0.4) is 0 Å². The maximum atomic E-state index is 12.3. The molecule has 1 N–H and O–H groups in total. The third kappa shape index (κ3) is 6.03. The maximum absolute atomic E-state index is 12.3. The van der Waals surface area contributed by atoms with Gasteiger partial charge in [0.15, 0.2) is 0 Å². The Morgan fingerprint density at radius 3 is 2.50 bits per heavy atom. The fourth-order valence-electron chi connectivity index (χ4n) is 1.78. The quantitative estimate of drug-likeness (QED) is 0.868. The number of carbonyl (C=O) groups is 2. The molecule has 0 fully saturated rings. The van der Waals surface area contributed by atoms with Crippen LogP contribution in [0.2, 0.25) is 0 Å². The molecule has 122 valence electrons. The Balaban J connectivity index is 2.66. The molecule has 1 rings (SSSR count). The van der Waals surface area contributed by atoms with Crippen LogP contribution in [0, 0.1) is 0 Å². The van der Waals surface area contributed by atoms with E-state index < -0.39 is 11.7 Å². The van der Waals surface area contributed by atoms with Crippen molar-refractivity contribution in [3.63, 3.8) is 0 Å². The molecule has 0 spiro atoms. The van der Waals surface area contributed by atoms with Gasteiger partial charge in [-0.2, -0.15) is 0 Å². The smallest absolute Gasteiger partial charge is 0.426 e. The number of likely N-dealkylation sites (N-methyl/N-ethyl adjacent to an activating group) is 1. The summed E-state index contributed by atoms with van der Waals surface area (Å²) in [6.45, 7) is 7.42. The summed E-state index contributed by atoms with van der Waals surface area (Å²) in [5, 5.41) is 1.24. The van der Waals surface area contributed by atoms with E-state index in [0.29, 0.717) is 12.3 Å². The van der Waals surface area contributed by atoms with Crippen molar-refractivity contribution in [3.05, 3.63) is 29.8 Å². The lowest BCUT2D eigenvalue weighted by molar-refractivity contribution is -0.133. The highest BCUT2D eigenvalue weighted by atomic mass is 16.6. The van der Waals surface area contributed by atoms with Crippen LogP contribution in [0.4, 0.5) is 4.79 Å². The first-order valence-corrected chi connectivity index (χ1v) is 7.18. The Morgan fingerprint density at radius 1 is 1.27 bits per heavy atom. The zero-order chi connectivity index (χ0) is 16.8. The summed E-state index contributed by atoms with van der Waals surface area (Å²) in [6, 6.07) is 7.25. The second-order valence-electron chi connectivity index (χ2n) is 5.78. The third-order valence-corrected chi connectivity index (χ3v) is 2.73. The predicted octanol–water partition coefficient (Wildman–Crippen LogP) is 2.53. The lowest BCUT2D eigenvalue weighted by Gasteiger charge is -2.25. The summed E-state index contributed by atoms with van der Waals surface area (Å²) in [5.41, 5.74) is 2.67. The maximum Gasteiger partial charge on any atom is 0.426 e. The number of nitrogens with zero attached hydrogens (tertiary/aromatic N) is 1. The first kappa shape index (κ1) is 17.8. The van der Waals surface area contributed by atoms with Crippen molar-refractivity contribution in [2.75, 3.05) is 13.7 Å². The lowest BCUT2D eigenvalue weighted by Crippen LogP contribution is -2.48. The molecular weight excluding hydrogens is 284 g/mol. The van der Waals surface area contributed by atoms with Gasteiger partial charge in [0.05, 0.1) is 13.5 Å². The molecule has 0 saturated carbocycles. The van der Waals surface area contributed by atoms with Crippen molar-refractivity contribution in [2.45, 2.75) is 39.7 Å². The third-order valence-electron chi connectivity index (χ3n) is 2.73. The zero-order valence-corrected chi connectivity index (χ0v) is 13.8. The van der Waals surface area contributed by atoms with Crippen LogP contribution < -0.4 is 10.2 Å². The van der Waals surface area contributed by atoms with Crippen LogP contribution in [-0.2, 0) is 16.0 Å². The molecular formula is C16H24N2O4. The number of hydrogen-bond acceptors (Lipinski definition) is 4. The molecule has 0 aliphatic rings. The number of carbonyl (C=O) groups excluding carboxylic acids is 2. The van der Waals surface area contributed by atoms with Crippen molar-refractivity contribution < 1.29 is 19.1 Å². The zero-order valence-electron chi connectivity index (χ0n) is 13.8. The molecule has 0 unspecified atom stereocenters. The molecule has 0 bridgehead atoms. The van der Waals surface area contributed by atoms with Gasteiger partial charge in [-0.1, -0.05) is 12.1 Å². The van der Waals surface area contributed by atoms with Gasteiger partial charge in [0.2, 0.25) is 5.91 Å². The highest BCUT2D eigenvalue weighted by molar-refractivity contribution is 5.81. The van der Waals surface area contributed by atoms with Gasteiger partial charge >= 0.3 is 6.09 Å². The standard InChI is InChI=1S/C16H24N2O4/c1-6-18(17-15(20)22-16(2,3)4)14(19)11-12-8-7-9-13(10-12)21-5/h7-10H,6,11H2,1-5H3,(H,17,20). The van der Waals surface area contributed by atoms with E-state index in [0.717, 1.165) is 5.56 Å². The normalized spacial score (nSPS) is 10.8. The minimum Gasteiger partial charge on any atom is -0.497 e. The Morgan fingerprint density at radius 2 is 1.95 bits per heavy atom. The monoisotopic (exact) mass is 308 g/mol. The van der Waals surface area contributed by atoms with E-state index in [1.165, 1.54) is 5.01 Å². The molecule has 0 aromatic heterocycles. The first-order chi connectivity index (χ1) is 10.2. The predicted molar refractivity (Wildman–Crippen MR) is 83.5 cm³/mol. The number of methoxy groups -OCH3 is 1. The number of amides is 2. The SMILES string of the molecule is CCN(NC(=O)OC(C)(C)C)C(=O)Cc1cccc(OC)c1. The van der Waals surface area contributed by atoms with Crippen LogP contribution in [0.15, 0.2) is 24.3 Å². The minimum absolute atomic E-state index is 0.167. The van der Waals surface area contributed by atoms with Gasteiger partial charge in [-0.25, -0.2) is 10.2 Å². The van der Waals surface area contributed by atoms with E-state index >= 15 is 0 Å². The molecule has 22 heavy (non-hydrogen) atoms. The number of hydrogen-bond donors (Lipinski definition) is 1. The van der Waals surface area contributed by atoms with E-state index in [1.54, 1.807) is 40.9 Å². The van der Waals surface area contributed by atoms with Crippen molar-refractivity contribution in [3.8, 4) is 5.75 Å². The Kier molecular flexibility index (Phi) is 6.22. The second kappa shape index (κ2) is 7.68. The average molecular weight is 308 g/mol. The van der Waals surface area contributed by atoms with Crippen molar-refractivity contribution in [2.24, 2.45) is 0 Å². The van der Waals surface area contributed by atoms with Gasteiger partial charge in [0.25, 0.3) is 0 Å². The van der Waals surface area contributed by atoms with Gasteiger partial charge in [-0.3, -0.25) is 9.80 Å². The molecule has 6 heteroatoms. The Labute approximate surface area is 131 Å². The topological polar surface area (TPSA) is 67.9 Å². The molecule has 0 heterocycles. The molecule has 0 radical (unpaired) electrons. The largest absolute Gasteiger partial charge is 0.497 e. The summed E-state index contributed by atoms with van der Waals surface area (Å²) < 4.78 is 10.3. The van der Waals surface area contributed by atoms with Gasteiger partial charge in [-0.15, -0.1) is 0 Å². The van der Waals surface area contributed by atoms with Gasteiger partial charge in [-0.05, 0) is 45.4 Å². The molecule has 1 aromatic carbocycles. The summed E-state index contributed by atoms with van der Waals surface area (Å²) >= 11 is 0. The molecule has 0 aliphatic carbocycles. The summed E-state index contributed by atoms with van der Waals surface area (Å²) in [7, 11) is 1.57. The highest BCUT2D eigenvalue weighted by Gasteiger charge is 2.20. The number of hydrazine groups is 1. The van der Waals surface area contributed by atoms with E-state index in [2.05, 4.69) is 5.43 Å². The Bertz CT molecular complexity index is 523. The summed E-state index contributed by atoms with van der Waals surface area (Å²) in [4.78, 5) is 24.0. The first-order valence-electron chi connectivity index (χ1n) is 7.18. The van der Waals surface area contributed by atoms with Crippen LogP contribution >= 0.6 is 0 Å². The average Bonchev–Trinajstić information content (AvgIpc) is 2.42. The van der Waals surface area contributed by atoms with Crippen LogP contribution in [0.5, 0.6) is 5.75 Å². The van der Waals surface area contributed by atoms with Gasteiger partial charge in [0.1, 0.15) is 11.4 Å².